The van der Waals surface area contributed by atoms with Crippen LogP contribution in [0.15, 0.2) is 58.6 Å². The van der Waals surface area contributed by atoms with Crippen LogP contribution in [0.25, 0.3) is 11.0 Å². The van der Waals surface area contributed by atoms with Gasteiger partial charge in [0.2, 0.25) is 11.8 Å². The number of thioether (sulfide) groups is 2. The number of carbonyl (C=O) groups is 2. The van der Waals surface area contributed by atoms with Crippen LogP contribution in [0.3, 0.4) is 0 Å². The highest BCUT2D eigenvalue weighted by Gasteiger charge is 2.18. The van der Waals surface area contributed by atoms with E-state index in [4.69, 9.17) is 5.73 Å². The SMILES string of the molecule is NC(=O)CSc1ccccc1NC(=O)Cn1c(SC(F)F)nc2ccccc21. The van der Waals surface area contributed by atoms with E-state index in [1.807, 2.05) is 0 Å². The number of hydrogen-bond acceptors (Lipinski definition) is 5. The van der Waals surface area contributed by atoms with Crippen molar-refractivity contribution in [2.75, 3.05) is 11.1 Å². The van der Waals surface area contributed by atoms with Gasteiger partial charge in [0, 0.05) is 4.90 Å². The first-order valence-electron chi connectivity index (χ1n) is 8.14. The van der Waals surface area contributed by atoms with E-state index < -0.39 is 17.6 Å². The van der Waals surface area contributed by atoms with E-state index in [2.05, 4.69) is 10.3 Å². The van der Waals surface area contributed by atoms with Gasteiger partial charge >= 0.3 is 0 Å². The zero-order chi connectivity index (χ0) is 20.1. The van der Waals surface area contributed by atoms with Crippen LogP contribution in [0.1, 0.15) is 0 Å². The number of para-hydroxylation sites is 3. The third-order valence-electron chi connectivity index (χ3n) is 3.65. The number of amides is 2. The first-order valence-corrected chi connectivity index (χ1v) is 10.0. The molecule has 3 N–H and O–H groups in total. The highest BCUT2D eigenvalue weighted by atomic mass is 32.2. The zero-order valence-electron chi connectivity index (χ0n) is 14.5. The molecule has 0 saturated carbocycles. The number of rotatable bonds is 8. The maximum absolute atomic E-state index is 12.9. The van der Waals surface area contributed by atoms with Gasteiger partial charge in [-0.3, -0.25) is 9.59 Å². The summed E-state index contributed by atoms with van der Waals surface area (Å²) in [5.41, 5.74) is 6.82. The molecule has 1 heterocycles. The molecule has 0 bridgehead atoms. The van der Waals surface area contributed by atoms with Crippen LogP contribution in [-0.4, -0.2) is 32.9 Å². The zero-order valence-corrected chi connectivity index (χ0v) is 16.1. The van der Waals surface area contributed by atoms with Crippen LogP contribution < -0.4 is 11.1 Å². The summed E-state index contributed by atoms with van der Waals surface area (Å²) in [6.07, 6.45) is 0. The van der Waals surface area contributed by atoms with E-state index in [-0.39, 0.29) is 17.5 Å². The maximum atomic E-state index is 12.9. The standard InChI is InChI=1S/C18H16F2N4O2S2/c19-17(20)28-18-23-11-5-1-3-7-13(11)24(18)9-16(26)22-12-6-2-4-8-14(12)27-10-15(21)25/h1-8,17H,9-10H2,(H2,21,25)(H,22,26). The third kappa shape index (κ3) is 5.02. The Bertz CT molecular complexity index is 1010. The maximum Gasteiger partial charge on any atom is 0.291 e. The van der Waals surface area contributed by atoms with Crippen LogP contribution in [0.2, 0.25) is 0 Å². The molecule has 1 aromatic heterocycles. The number of nitrogens with zero attached hydrogens (tertiary/aromatic N) is 2. The van der Waals surface area contributed by atoms with Gasteiger partial charge in [-0.1, -0.05) is 24.3 Å². The predicted octanol–water partition coefficient (Wildman–Crippen LogP) is 3.57. The van der Waals surface area contributed by atoms with E-state index in [0.717, 1.165) is 0 Å². The fourth-order valence-corrected chi connectivity index (χ4v) is 3.90. The molecule has 10 heteroatoms. The van der Waals surface area contributed by atoms with E-state index in [1.54, 1.807) is 48.5 Å². The van der Waals surface area contributed by atoms with Crippen molar-refractivity contribution in [1.29, 1.82) is 0 Å². The molecule has 0 spiro atoms. The van der Waals surface area contributed by atoms with Crippen molar-refractivity contribution in [3.63, 3.8) is 0 Å². The molecule has 0 radical (unpaired) electrons. The Morgan fingerprint density at radius 1 is 1.14 bits per heavy atom. The number of fused-ring (bicyclic) bond motifs is 1. The summed E-state index contributed by atoms with van der Waals surface area (Å²) in [6, 6.07) is 13.9. The average Bonchev–Trinajstić information content (AvgIpc) is 2.97. The van der Waals surface area contributed by atoms with Crippen LogP contribution in [0, 0.1) is 0 Å². The molecule has 0 atom stereocenters. The Labute approximate surface area is 167 Å². The summed E-state index contributed by atoms with van der Waals surface area (Å²) >= 11 is 1.50. The van der Waals surface area contributed by atoms with Crippen LogP contribution in [0.4, 0.5) is 14.5 Å². The first kappa shape index (κ1) is 20.2. The van der Waals surface area contributed by atoms with Crippen LogP contribution in [0.5, 0.6) is 0 Å². The van der Waals surface area contributed by atoms with Gasteiger partial charge in [0.25, 0.3) is 5.76 Å². The number of halogens is 2. The van der Waals surface area contributed by atoms with Crippen molar-refractivity contribution in [1.82, 2.24) is 9.55 Å². The molecule has 0 saturated heterocycles. The molecule has 0 aliphatic rings. The molecule has 0 fully saturated rings. The van der Waals surface area contributed by atoms with Crippen molar-refractivity contribution in [2.24, 2.45) is 5.73 Å². The average molecular weight is 422 g/mol. The number of nitrogens with one attached hydrogen (secondary N) is 1. The predicted molar refractivity (Wildman–Crippen MR) is 107 cm³/mol. The Morgan fingerprint density at radius 2 is 1.86 bits per heavy atom. The fourth-order valence-electron chi connectivity index (χ4n) is 2.55. The second kappa shape index (κ2) is 9.07. The number of primary amides is 1. The number of hydrogen-bond donors (Lipinski definition) is 2. The molecular formula is C18H16F2N4O2S2. The Morgan fingerprint density at radius 3 is 2.61 bits per heavy atom. The second-order valence-corrected chi connectivity index (χ2v) is 7.62. The first-order chi connectivity index (χ1) is 13.4. The lowest BCUT2D eigenvalue weighted by atomic mass is 10.3. The van der Waals surface area contributed by atoms with Gasteiger partial charge in [0.1, 0.15) is 6.54 Å². The smallest absolute Gasteiger partial charge is 0.291 e. The molecule has 146 valence electrons. The molecular weight excluding hydrogens is 406 g/mol. The normalized spacial score (nSPS) is 11.1. The lowest BCUT2D eigenvalue weighted by Gasteiger charge is -2.12. The molecule has 3 aromatic rings. The Balaban J connectivity index is 1.81. The van der Waals surface area contributed by atoms with Gasteiger partial charge in [-0.2, -0.15) is 8.78 Å². The monoisotopic (exact) mass is 422 g/mol. The third-order valence-corrected chi connectivity index (χ3v) is 5.44. The number of aromatic nitrogens is 2. The summed E-state index contributed by atoms with van der Waals surface area (Å²) in [5.74, 6) is -3.44. The summed E-state index contributed by atoms with van der Waals surface area (Å²) in [4.78, 5) is 28.5. The minimum Gasteiger partial charge on any atom is -0.369 e. The Kier molecular flexibility index (Phi) is 6.53. The molecule has 0 unspecified atom stereocenters. The van der Waals surface area contributed by atoms with Gasteiger partial charge in [0.05, 0.1) is 22.5 Å². The highest BCUT2D eigenvalue weighted by Crippen LogP contribution is 2.29. The van der Waals surface area contributed by atoms with Gasteiger partial charge in [-0.05, 0) is 36.0 Å². The largest absolute Gasteiger partial charge is 0.369 e. The summed E-state index contributed by atoms with van der Waals surface area (Å²) in [6.45, 7) is -0.176. The molecule has 2 aromatic carbocycles. The van der Waals surface area contributed by atoms with E-state index >= 15 is 0 Å². The van der Waals surface area contributed by atoms with Crippen LogP contribution >= 0.6 is 23.5 Å². The number of carbonyl (C=O) groups excluding carboxylic acids is 2. The molecule has 6 nitrogen and oxygen atoms in total. The topological polar surface area (TPSA) is 90.0 Å². The minimum atomic E-state index is -2.65. The number of alkyl halides is 2. The van der Waals surface area contributed by atoms with Crippen molar-refractivity contribution in [3.8, 4) is 0 Å². The van der Waals surface area contributed by atoms with Crippen molar-refractivity contribution in [2.45, 2.75) is 22.4 Å². The second-order valence-electron chi connectivity index (χ2n) is 5.65. The van der Waals surface area contributed by atoms with E-state index in [9.17, 15) is 18.4 Å². The van der Waals surface area contributed by atoms with Crippen LogP contribution in [-0.2, 0) is 16.1 Å². The number of anilines is 1. The van der Waals surface area contributed by atoms with E-state index in [0.29, 0.717) is 33.4 Å². The van der Waals surface area contributed by atoms with Gasteiger partial charge < -0.3 is 15.6 Å². The van der Waals surface area contributed by atoms with E-state index in [1.165, 1.54) is 16.3 Å². The number of nitrogens with two attached hydrogens (primary N) is 1. The number of imidazole rings is 1. The Hall–Kier alpha value is -2.59. The minimum absolute atomic E-state index is 0.0720. The fraction of sp³-hybridized carbons (Fsp3) is 0.167. The quantitative estimate of drug-likeness (QED) is 0.542. The number of benzene rings is 2. The highest BCUT2D eigenvalue weighted by molar-refractivity contribution is 8.00. The molecule has 0 aliphatic heterocycles. The van der Waals surface area contributed by atoms with Crippen molar-refractivity contribution >= 4 is 52.1 Å². The van der Waals surface area contributed by atoms with Gasteiger partial charge in [-0.15, -0.1) is 11.8 Å². The molecule has 28 heavy (non-hydrogen) atoms. The molecule has 3 rings (SSSR count). The summed E-state index contributed by atoms with van der Waals surface area (Å²) in [5, 5.41) is 2.83. The van der Waals surface area contributed by atoms with Gasteiger partial charge in [0.15, 0.2) is 5.16 Å². The lowest BCUT2D eigenvalue weighted by Crippen LogP contribution is -2.20. The molecule has 0 aliphatic carbocycles. The van der Waals surface area contributed by atoms with Crippen molar-refractivity contribution < 1.29 is 18.4 Å². The lowest BCUT2D eigenvalue weighted by molar-refractivity contribution is -0.117. The van der Waals surface area contributed by atoms with Gasteiger partial charge in [-0.25, -0.2) is 4.98 Å². The summed E-state index contributed by atoms with van der Waals surface area (Å²) < 4.78 is 27.2. The summed E-state index contributed by atoms with van der Waals surface area (Å²) in [7, 11) is 0. The van der Waals surface area contributed by atoms with Crippen molar-refractivity contribution in [3.05, 3.63) is 48.5 Å². The molecule has 2 amide bonds.